The van der Waals surface area contributed by atoms with Crippen LogP contribution in [0.25, 0.3) is 11.4 Å². The monoisotopic (exact) mass is 301 g/mol. The lowest BCUT2D eigenvalue weighted by molar-refractivity contribution is 0.0951. The quantitative estimate of drug-likeness (QED) is 0.656. The number of carbonyl (C=O) groups excluding carboxylic acids is 1. The smallest absolute Gasteiger partial charge is 0.252 e. The fourth-order valence-corrected chi connectivity index (χ4v) is 2.38. The molecule has 3 rings (SSSR count). The third-order valence-electron chi connectivity index (χ3n) is 2.76. The average Bonchev–Trinajstić information content (AvgIpc) is 3.16. The van der Waals surface area contributed by atoms with Gasteiger partial charge in [0, 0.05) is 10.9 Å². The van der Waals surface area contributed by atoms with Crippen LogP contribution in [0.1, 0.15) is 16.1 Å². The standard InChI is InChI=1S/C12H11N7OS/c13-12-15-7(6-21-12)5-14-11(20)9-4-2-1-3-8(9)10-16-18-19-17-10/h1-4,6H,5H2,(H2,13,15)(H,14,20)(H,16,17,18,19). The molecule has 0 spiro atoms. The van der Waals surface area contributed by atoms with Crippen molar-refractivity contribution < 1.29 is 4.79 Å². The topological polar surface area (TPSA) is 122 Å². The molecule has 4 N–H and O–H groups in total. The average molecular weight is 301 g/mol. The number of hydrogen-bond acceptors (Lipinski definition) is 7. The number of benzene rings is 1. The van der Waals surface area contributed by atoms with E-state index in [1.54, 1.807) is 23.6 Å². The maximum Gasteiger partial charge on any atom is 0.252 e. The second kappa shape index (κ2) is 5.67. The molecule has 1 aromatic carbocycles. The number of aromatic amines is 1. The zero-order chi connectivity index (χ0) is 14.7. The predicted octanol–water partition coefficient (Wildman–Crippen LogP) is 0.835. The highest BCUT2D eigenvalue weighted by Crippen LogP contribution is 2.19. The lowest BCUT2D eigenvalue weighted by Crippen LogP contribution is -2.23. The van der Waals surface area contributed by atoms with Gasteiger partial charge in [-0.3, -0.25) is 4.79 Å². The van der Waals surface area contributed by atoms with Gasteiger partial charge in [-0.25, -0.2) is 4.98 Å². The van der Waals surface area contributed by atoms with Crippen molar-refractivity contribution in [2.45, 2.75) is 6.54 Å². The van der Waals surface area contributed by atoms with Gasteiger partial charge in [0.05, 0.1) is 17.8 Å². The number of rotatable bonds is 4. The number of nitrogen functional groups attached to an aromatic ring is 1. The van der Waals surface area contributed by atoms with Gasteiger partial charge < -0.3 is 11.1 Å². The molecule has 0 unspecified atom stereocenters. The molecule has 3 aromatic rings. The number of tetrazole rings is 1. The highest BCUT2D eigenvalue weighted by Gasteiger charge is 2.15. The van der Waals surface area contributed by atoms with Crippen LogP contribution in [0.5, 0.6) is 0 Å². The zero-order valence-electron chi connectivity index (χ0n) is 10.8. The van der Waals surface area contributed by atoms with Crippen molar-refractivity contribution in [1.82, 2.24) is 30.9 Å². The summed E-state index contributed by atoms with van der Waals surface area (Å²) in [4.78, 5) is 16.4. The van der Waals surface area contributed by atoms with Gasteiger partial charge in [-0.2, -0.15) is 5.21 Å². The Hall–Kier alpha value is -2.81. The second-order valence-corrected chi connectivity index (χ2v) is 5.03. The van der Waals surface area contributed by atoms with E-state index in [1.165, 1.54) is 11.3 Å². The van der Waals surface area contributed by atoms with E-state index < -0.39 is 0 Å². The summed E-state index contributed by atoms with van der Waals surface area (Å²) in [6.45, 7) is 0.313. The van der Waals surface area contributed by atoms with Crippen LogP contribution in [0.3, 0.4) is 0 Å². The third-order valence-corrected chi connectivity index (χ3v) is 3.48. The maximum atomic E-state index is 12.3. The molecule has 2 heterocycles. The van der Waals surface area contributed by atoms with Crippen LogP contribution in [0, 0.1) is 0 Å². The Labute approximate surface area is 123 Å². The van der Waals surface area contributed by atoms with Crippen LogP contribution >= 0.6 is 11.3 Å². The van der Waals surface area contributed by atoms with Crippen molar-refractivity contribution in [2.75, 3.05) is 5.73 Å². The number of amides is 1. The number of aromatic nitrogens is 5. The summed E-state index contributed by atoms with van der Waals surface area (Å²) in [5, 5.41) is 18.7. The van der Waals surface area contributed by atoms with Crippen LogP contribution < -0.4 is 11.1 Å². The summed E-state index contributed by atoms with van der Waals surface area (Å²) >= 11 is 1.34. The minimum absolute atomic E-state index is 0.234. The molecule has 0 saturated carbocycles. The summed E-state index contributed by atoms with van der Waals surface area (Å²) in [7, 11) is 0. The van der Waals surface area contributed by atoms with Crippen molar-refractivity contribution in [3.05, 3.63) is 40.9 Å². The number of nitrogens with two attached hydrogens (primary N) is 1. The molecule has 0 bridgehead atoms. The molecule has 0 aliphatic carbocycles. The van der Waals surface area contributed by atoms with Crippen LogP contribution in [0.15, 0.2) is 29.6 Å². The Morgan fingerprint density at radius 1 is 1.38 bits per heavy atom. The first-order valence-corrected chi connectivity index (χ1v) is 6.93. The molecular weight excluding hydrogens is 290 g/mol. The molecule has 2 aromatic heterocycles. The third kappa shape index (κ3) is 2.87. The first-order valence-electron chi connectivity index (χ1n) is 6.05. The molecule has 0 aliphatic rings. The molecule has 106 valence electrons. The van der Waals surface area contributed by atoms with Crippen LogP contribution in [-0.2, 0) is 6.54 Å². The lowest BCUT2D eigenvalue weighted by atomic mass is 10.1. The first kappa shape index (κ1) is 13.2. The van der Waals surface area contributed by atoms with Gasteiger partial charge >= 0.3 is 0 Å². The molecule has 0 fully saturated rings. The lowest BCUT2D eigenvalue weighted by Gasteiger charge is -2.06. The summed E-state index contributed by atoms with van der Waals surface area (Å²) in [5.41, 5.74) is 7.36. The number of nitrogens with zero attached hydrogens (tertiary/aromatic N) is 4. The fraction of sp³-hybridized carbons (Fsp3) is 0.0833. The number of anilines is 1. The van der Waals surface area contributed by atoms with Gasteiger partial charge in [0.1, 0.15) is 0 Å². The van der Waals surface area contributed by atoms with Crippen molar-refractivity contribution in [3.8, 4) is 11.4 Å². The Morgan fingerprint density at radius 3 is 2.95 bits per heavy atom. The van der Waals surface area contributed by atoms with Crippen molar-refractivity contribution in [1.29, 1.82) is 0 Å². The fourth-order valence-electron chi connectivity index (χ4n) is 1.82. The second-order valence-electron chi connectivity index (χ2n) is 4.14. The summed E-state index contributed by atoms with van der Waals surface area (Å²) in [5.74, 6) is 0.139. The van der Waals surface area contributed by atoms with E-state index in [-0.39, 0.29) is 5.91 Å². The van der Waals surface area contributed by atoms with Gasteiger partial charge in [-0.15, -0.1) is 21.5 Å². The van der Waals surface area contributed by atoms with E-state index in [0.29, 0.717) is 28.6 Å². The maximum absolute atomic E-state index is 12.3. The highest BCUT2D eigenvalue weighted by atomic mass is 32.1. The normalized spacial score (nSPS) is 10.5. The van der Waals surface area contributed by atoms with Crippen molar-refractivity contribution in [3.63, 3.8) is 0 Å². The Morgan fingerprint density at radius 2 is 2.24 bits per heavy atom. The van der Waals surface area contributed by atoms with Crippen molar-refractivity contribution >= 4 is 22.4 Å². The van der Waals surface area contributed by atoms with E-state index in [0.717, 1.165) is 5.69 Å². The van der Waals surface area contributed by atoms with Gasteiger partial charge in [0.25, 0.3) is 5.91 Å². The molecule has 0 aliphatic heterocycles. The molecule has 9 heteroatoms. The van der Waals surface area contributed by atoms with E-state index in [2.05, 4.69) is 30.9 Å². The SMILES string of the molecule is Nc1nc(CNC(=O)c2ccccc2-c2nn[nH]n2)cs1. The van der Waals surface area contributed by atoms with Crippen LogP contribution in [0.2, 0.25) is 0 Å². The Kier molecular flexibility index (Phi) is 3.56. The molecule has 21 heavy (non-hydrogen) atoms. The van der Waals surface area contributed by atoms with Gasteiger partial charge in [-0.1, -0.05) is 18.2 Å². The Bertz CT molecular complexity index is 753. The number of carbonyl (C=O) groups is 1. The summed E-state index contributed by atoms with van der Waals surface area (Å²) in [6.07, 6.45) is 0. The van der Waals surface area contributed by atoms with Gasteiger partial charge in [-0.05, 0) is 11.3 Å². The predicted molar refractivity (Wildman–Crippen MR) is 77.3 cm³/mol. The van der Waals surface area contributed by atoms with E-state index in [1.807, 2.05) is 6.07 Å². The van der Waals surface area contributed by atoms with Crippen LogP contribution in [-0.4, -0.2) is 31.5 Å². The van der Waals surface area contributed by atoms with E-state index >= 15 is 0 Å². The molecule has 0 saturated heterocycles. The summed E-state index contributed by atoms with van der Waals surface area (Å²) in [6, 6.07) is 7.06. The number of H-pyrrole nitrogens is 1. The zero-order valence-corrected chi connectivity index (χ0v) is 11.6. The van der Waals surface area contributed by atoms with Gasteiger partial charge in [0.2, 0.25) is 5.82 Å². The number of hydrogen-bond donors (Lipinski definition) is 3. The van der Waals surface area contributed by atoms with E-state index in [9.17, 15) is 4.79 Å². The molecule has 8 nitrogen and oxygen atoms in total. The summed E-state index contributed by atoms with van der Waals surface area (Å²) < 4.78 is 0. The van der Waals surface area contributed by atoms with E-state index in [4.69, 9.17) is 5.73 Å². The van der Waals surface area contributed by atoms with Crippen molar-refractivity contribution in [2.24, 2.45) is 0 Å². The number of nitrogens with one attached hydrogen (secondary N) is 2. The van der Waals surface area contributed by atoms with Crippen LogP contribution in [0.4, 0.5) is 5.13 Å². The molecule has 0 atom stereocenters. The van der Waals surface area contributed by atoms with Gasteiger partial charge in [0.15, 0.2) is 5.13 Å². The molecular formula is C12H11N7OS. The highest BCUT2D eigenvalue weighted by molar-refractivity contribution is 7.13. The number of thiazole rings is 1. The minimum Gasteiger partial charge on any atom is -0.375 e. The first-order chi connectivity index (χ1) is 10.2. The Balaban J connectivity index is 1.79. The largest absolute Gasteiger partial charge is 0.375 e. The molecule has 0 radical (unpaired) electrons. The molecule has 1 amide bonds. The minimum atomic E-state index is -0.234.